The molecule has 0 aliphatic carbocycles. The highest BCUT2D eigenvalue weighted by Gasteiger charge is 2.20. The fraction of sp³-hybridized carbons (Fsp3) is 0.241. The highest BCUT2D eigenvalue weighted by atomic mass is 79.9. The molecule has 4 nitrogen and oxygen atoms in total. The van der Waals surface area contributed by atoms with Gasteiger partial charge in [0.15, 0.2) is 5.78 Å². The highest BCUT2D eigenvalue weighted by Crippen LogP contribution is 2.28. The molecule has 0 saturated carbocycles. The zero-order valence-electron chi connectivity index (χ0n) is 20.0. The molecular weight excluding hydrogens is 490 g/mol. The number of nitrogens with zero attached hydrogens (tertiary/aromatic N) is 1. The number of carbonyl (C=O) groups excluding carboxylic acids is 2. The second-order valence-electron chi connectivity index (χ2n) is 8.60. The third kappa shape index (κ3) is 6.45. The summed E-state index contributed by atoms with van der Waals surface area (Å²) in [5.74, 6) is 0.265. The first kappa shape index (κ1) is 25.4. The van der Waals surface area contributed by atoms with Gasteiger partial charge in [0.25, 0.3) is 0 Å². The fourth-order valence-electron chi connectivity index (χ4n) is 3.89. The number of hydrogen-bond acceptors (Lipinski definition) is 3. The van der Waals surface area contributed by atoms with E-state index in [1.807, 2.05) is 87.2 Å². The van der Waals surface area contributed by atoms with Crippen molar-refractivity contribution < 1.29 is 14.3 Å². The second kappa shape index (κ2) is 11.8. The molecule has 0 spiro atoms. The predicted octanol–water partition coefficient (Wildman–Crippen LogP) is 6.92. The number of rotatable bonds is 9. The van der Waals surface area contributed by atoms with Crippen molar-refractivity contribution >= 4 is 33.7 Å². The highest BCUT2D eigenvalue weighted by molar-refractivity contribution is 9.10. The molecule has 0 bridgehead atoms. The fourth-order valence-corrected chi connectivity index (χ4v) is 4.25. The normalized spacial score (nSPS) is 11.3. The average Bonchev–Trinajstić information content (AvgIpc) is 2.82. The maximum Gasteiger partial charge on any atom is 0.247 e. The maximum absolute atomic E-state index is 13.6. The van der Waals surface area contributed by atoms with Gasteiger partial charge in [0, 0.05) is 28.2 Å². The number of ether oxygens (including phenoxy) is 1. The van der Waals surface area contributed by atoms with Gasteiger partial charge in [0.1, 0.15) is 12.4 Å². The SMILES string of the molecule is CC(C)N(C(=O)/C=C/c1ccccc1C(=O)c1cc(Br)ccc1OCc1ccccc1)C(C)C. The van der Waals surface area contributed by atoms with Gasteiger partial charge in [-0.25, -0.2) is 0 Å². The van der Waals surface area contributed by atoms with Crippen molar-refractivity contribution in [2.75, 3.05) is 0 Å². The van der Waals surface area contributed by atoms with E-state index in [0.29, 0.717) is 29.0 Å². The van der Waals surface area contributed by atoms with Crippen LogP contribution in [0.5, 0.6) is 5.75 Å². The Bertz CT molecular complexity index is 1160. The number of amides is 1. The molecule has 176 valence electrons. The van der Waals surface area contributed by atoms with Gasteiger partial charge >= 0.3 is 0 Å². The Morgan fingerprint density at radius 3 is 2.21 bits per heavy atom. The minimum Gasteiger partial charge on any atom is -0.488 e. The van der Waals surface area contributed by atoms with E-state index < -0.39 is 0 Å². The molecule has 5 heteroatoms. The molecule has 0 heterocycles. The van der Waals surface area contributed by atoms with Crippen LogP contribution in [0.25, 0.3) is 6.08 Å². The zero-order valence-corrected chi connectivity index (χ0v) is 21.6. The summed E-state index contributed by atoms with van der Waals surface area (Å²) < 4.78 is 6.81. The van der Waals surface area contributed by atoms with E-state index in [4.69, 9.17) is 4.74 Å². The Morgan fingerprint density at radius 1 is 0.882 bits per heavy atom. The van der Waals surface area contributed by atoms with E-state index in [0.717, 1.165) is 10.0 Å². The molecule has 0 unspecified atom stereocenters. The summed E-state index contributed by atoms with van der Waals surface area (Å²) in [5.41, 5.74) is 2.67. The first-order valence-electron chi connectivity index (χ1n) is 11.4. The lowest BCUT2D eigenvalue weighted by Gasteiger charge is -2.29. The summed E-state index contributed by atoms with van der Waals surface area (Å²) in [6, 6.07) is 22.7. The number of hydrogen-bond donors (Lipinski definition) is 0. The standard InChI is InChI=1S/C29H30BrNO3/c1-20(2)31(21(3)4)28(32)17-14-23-12-8-9-13-25(23)29(33)26-18-24(30)15-16-27(26)34-19-22-10-6-5-7-11-22/h5-18,20-21H,19H2,1-4H3/b17-14+. The van der Waals surface area contributed by atoms with Crippen LogP contribution in [0.4, 0.5) is 0 Å². The Balaban J connectivity index is 1.90. The summed E-state index contributed by atoms with van der Waals surface area (Å²) >= 11 is 3.47. The Hall–Kier alpha value is -3.18. The number of ketones is 1. The van der Waals surface area contributed by atoms with Gasteiger partial charge < -0.3 is 9.64 Å². The van der Waals surface area contributed by atoms with Crippen LogP contribution < -0.4 is 4.74 Å². The number of halogens is 1. The van der Waals surface area contributed by atoms with Crippen LogP contribution in [0, 0.1) is 0 Å². The largest absolute Gasteiger partial charge is 0.488 e. The Labute approximate surface area is 210 Å². The molecule has 0 radical (unpaired) electrons. The molecule has 3 aromatic carbocycles. The molecular formula is C29H30BrNO3. The lowest BCUT2D eigenvalue weighted by Crippen LogP contribution is -2.41. The second-order valence-corrected chi connectivity index (χ2v) is 9.51. The van der Waals surface area contributed by atoms with Crippen molar-refractivity contribution in [3.8, 4) is 5.75 Å². The van der Waals surface area contributed by atoms with E-state index in [9.17, 15) is 9.59 Å². The number of benzene rings is 3. The molecule has 1 amide bonds. The lowest BCUT2D eigenvalue weighted by molar-refractivity contribution is -0.129. The molecule has 0 saturated heterocycles. The summed E-state index contributed by atoms with van der Waals surface area (Å²) in [7, 11) is 0. The zero-order chi connectivity index (χ0) is 24.7. The summed E-state index contributed by atoms with van der Waals surface area (Å²) in [5, 5.41) is 0. The minimum atomic E-state index is -0.165. The molecule has 0 N–H and O–H groups in total. The number of carbonyl (C=O) groups is 2. The minimum absolute atomic E-state index is 0.0819. The lowest BCUT2D eigenvalue weighted by atomic mass is 9.97. The molecule has 0 atom stereocenters. The Kier molecular flexibility index (Phi) is 8.83. The van der Waals surface area contributed by atoms with Crippen molar-refractivity contribution in [1.29, 1.82) is 0 Å². The molecule has 0 aliphatic heterocycles. The van der Waals surface area contributed by atoms with E-state index >= 15 is 0 Å². The molecule has 0 aliphatic rings. The summed E-state index contributed by atoms with van der Waals surface area (Å²) in [6.45, 7) is 8.33. The van der Waals surface area contributed by atoms with Crippen LogP contribution in [0.2, 0.25) is 0 Å². The van der Waals surface area contributed by atoms with Gasteiger partial charge in [-0.2, -0.15) is 0 Å². The summed E-state index contributed by atoms with van der Waals surface area (Å²) in [6.07, 6.45) is 3.26. The van der Waals surface area contributed by atoms with Crippen LogP contribution in [0.15, 0.2) is 83.3 Å². The molecule has 3 rings (SSSR count). The van der Waals surface area contributed by atoms with Gasteiger partial charge in [-0.05, 0) is 63.1 Å². The van der Waals surface area contributed by atoms with Gasteiger partial charge in [0.05, 0.1) is 5.56 Å². The van der Waals surface area contributed by atoms with E-state index in [1.54, 1.807) is 30.4 Å². The van der Waals surface area contributed by atoms with Crippen LogP contribution in [-0.2, 0) is 11.4 Å². The molecule has 3 aromatic rings. The van der Waals surface area contributed by atoms with Gasteiger partial charge in [-0.15, -0.1) is 0 Å². The monoisotopic (exact) mass is 519 g/mol. The topological polar surface area (TPSA) is 46.6 Å². The Morgan fingerprint density at radius 2 is 1.53 bits per heavy atom. The smallest absolute Gasteiger partial charge is 0.247 e. The van der Waals surface area contributed by atoms with Crippen LogP contribution >= 0.6 is 15.9 Å². The van der Waals surface area contributed by atoms with Crippen LogP contribution in [0.3, 0.4) is 0 Å². The van der Waals surface area contributed by atoms with Gasteiger partial charge in [0.2, 0.25) is 5.91 Å². The quantitative estimate of drug-likeness (QED) is 0.227. The van der Waals surface area contributed by atoms with Crippen molar-refractivity contribution in [3.63, 3.8) is 0 Å². The maximum atomic E-state index is 13.6. The van der Waals surface area contributed by atoms with Crippen LogP contribution in [-0.4, -0.2) is 28.7 Å². The first-order chi connectivity index (χ1) is 16.3. The first-order valence-corrected chi connectivity index (χ1v) is 12.2. The molecule has 34 heavy (non-hydrogen) atoms. The predicted molar refractivity (Wildman–Crippen MR) is 141 cm³/mol. The van der Waals surface area contributed by atoms with Gasteiger partial charge in [-0.3, -0.25) is 9.59 Å². The van der Waals surface area contributed by atoms with E-state index in [-0.39, 0.29) is 23.8 Å². The third-order valence-electron chi connectivity index (χ3n) is 5.40. The molecule has 0 fully saturated rings. The molecule has 0 aromatic heterocycles. The van der Waals surface area contributed by atoms with Crippen molar-refractivity contribution in [2.45, 2.75) is 46.4 Å². The van der Waals surface area contributed by atoms with Crippen LogP contribution in [0.1, 0.15) is 54.7 Å². The van der Waals surface area contributed by atoms with Gasteiger partial charge in [-0.1, -0.05) is 70.5 Å². The summed E-state index contributed by atoms with van der Waals surface area (Å²) in [4.78, 5) is 28.2. The van der Waals surface area contributed by atoms with Crippen molar-refractivity contribution in [1.82, 2.24) is 4.90 Å². The van der Waals surface area contributed by atoms with E-state index in [2.05, 4.69) is 15.9 Å². The van der Waals surface area contributed by atoms with Crippen molar-refractivity contribution in [3.05, 3.63) is 106 Å². The third-order valence-corrected chi connectivity index (χ3v) is 5.89. The average molecular weight is 520 g/mol. The van der Waals surface area contributed by atoms with E-state index in [1.165, 1.54) is 0 Å². The van der Waals surface area contributed by atoms with Crippen molar-refractivity contribution in [2.24, 2.45) is 0 Å².